The Bertz CT molecular complexity index is 526. The third-order valence-electron chi connectivity index (χ3n) is 2.55. The smallest absolute Gasteiger partial charge is 0.335 e. The second-order valence-corrected chi connectivity index (χ2v) is 3.97. The molecule has 2 N–H and O–H groups in total. The number of carboxylic acid groups (broad SMARTS) is 1. The number of carbonyl (C=O) groups is 1. The average molecular weight is 242 g/mol. The highest BCUT2D eigenvalue weighted by Gasteiger charge is 2.02. The van der Waals surface area contributed by atoms with E-state index in [2.05, 4.69) is 10.3 Å². The summed E-state index contributed by atoms with van der Waals surface area (Å²) in [5, 5.41) is 12.1. The van der Waals surface area contributed by atoms with Gasteiger partial charge in [0.05, 0.1) is 5.56 Å². The maximum absolute atomic E-state index is 10.8. The molecule has 1 heterocycles. The molecule has 0 atom stereocenters. The van der Waals surface area contributed by atoms with Gasteiger partial charge < -0.3 is 10.4 Å². The first kappa shape index (κ1) is 12.3. The molecule has 1 aromatic carbocycles. The molecule has 92 valence electrons. The lowest BCUT2D eigenvalue weighted by atomic mass is 10.1. The van der Waals surface area contributed by atoms with Gasteiger partial charge in [-0.15, -0.1) is 0 Å². The highest BCUT2D eigenvalue weighted by molar-refractivity contribution is 5.87. The molecule has 0 radical (unpaired) electrons. The molecule has 0 amide bonds. The predicted octanol–water partition coefficient (Wildman–Crippen LogP) is 2.07. The topological polar surface area (TPSA) is 62.2 Å². The zero-order valence-corrected chi connectivity index (χ0v) is 9.84. The fraction of sp³-hybridized carbons (Fsp3) is 0.143. The van der Waals surface area contributed by atoms with E-state index in [1.165, 1.54) is 0 Å². The van der Waals surface area contributed by atoms with Gasteiger partial charge in [-0.2, -0.15) is 0 Å². The molecular formula is C14H14N2O2. The van der Waals surface area contributed by atoms with E-state index >= 15 is 0 Å². The largest absolute Gasteiger partial charge is 0.478 e. The van der Waals surface area contributed by atoms with Gasteiger partial charge in [0, 0.05) is 25.5 Å². The fourth-order valence-electron chi connectivity index (χ4n) is 1.67. The van der Waals surface area contributed by atoms with E-state index in [1.54, 1.807) is 30.6 Å². The molecule has 0 spiro atoms. The Balaban J connectivity index is 1.90. The lowest BCUT2D eigenvalue weighted by molar-refractivity contribution is 0.0696. The summed E-state index contributed by atoms with van der Waals surface area (Å²) in [6.07, 6.45) is 3.54. The maximum Gasteiger partial charge on any atom is 0.335 e. The van der Waals surface area contributed by atoms with Crippen LogP contribution in [0.2, 0.25) is 0 Å². The summed E-state index contributed by atoms with van der Waals surface area (Å²) >= 11 is 0. The minimum atomic E-state index is -0.899. The lowest BCUT2D eigenvalue weighted by Crippen LogP contribution is -2.13. The van der Waals surface area contributed by atoms with Crippen molar-refractivity contribution in [3.63, 3.8) is 0 Å². The molecule has 0 aliphatic carbocycles. The minimum absolute atomic E-state index is 0.315. The number of pyridine rings is 1. The van der Waals surface area contributed by atoms with Crippen LogP contribution in [0.5, 0.6) is 0 Å². The van der Waals surface area contributed by atoms with Crippen molar-refractivity contribution in [2.24, 2.45) is 0 Å². The number of hydrogen-bond donors (Lipinski definition) is 2. The van der Waals surface area contributed by atoms with E-state index in [-0.39, 0.29) is 0 Å². The molecule has 0 aliphatic rings. The number of rotatable bonds is 5. The first-order valence-corrected chi connectivity index (χ1v) is 5.67. The molecule has 0 bridgehead atoms. The standard InChI is InChI=1S/C14H14N2O2/c17-14(18)13-5-1-3-11(7-13)8-16-10-12-4-2-6-15-9-12/h1-7,9,16H,8,10H2,(H,17,18). The number of carboxylic acids is 1. The molecule has 0 saturated heterocycles. The van der Waals surface area contributed by atoms with Gasteiger partial charge >= 0.3 is 5.97 Å². The first-order chi connectivity index (χ1) is 8.75. The fourth-order valence-corrected chi connectivity index (χ4v) is 1.67. The summed E-state index contributed by atoms with van der Waals surface area (Å²) in [6.45, 7) is 1.35. The predicted molar refractivity (Wildman–Crippen MR) is 68.2 cm³/mol. The third kappa shape index (κ3) is 3.40. The normalized spacial score (nSPS) is 10.2. The Hall–Kier alpha value is -2.20. The molecule has 4 nitrogen and oxygen atoms in total. The molecule has 18 heavy (non-hydrogen) atoms. The van der Waals surface area contributed by atoms with E-state index in [0.29, 0.717) is 18.7 Å². The second kappa shape index (κ2) is 5.93. The summed E-state index contributed by atoms with van der Waals surface area (Å²) in [5.74, 6) is -0.899. The van der Waals surface area contributed by atoms with E-state index in [1.807, 2.05) is 18.2 Å². The number of aromatic carboxylic acids is 1. The summed E-state index contributed by atoms with van der Waals surface area (Å²) in [5.41, 5.74) is 2.38. The van der Waals surface area contributed by atoms with Crippen molar-refractivity contribution in [1.82, 2.24) is 10.3 Å². The summed E-state index contributed by atoms with van der Waals surface area (Å²) < 4.78 is 0. The first-order valence-electron chi connectivity index (χ1n) is 5.67. The van der Waals surface area contributed by atoms with E-state index in [0.717, 1.165) is 11.1 Å². The summed E-state index contributed by atoms with van der Waals surface area (Å²) in [6, 6.07) is 10.8. The van der Waals surface area contributed by atoms with Crippen LogP contribution >= 0.6 is 0 Å². The molecule has 1 aromatic heterocycles. The van der Waals surface area contributed by atoms with Crippen LogP contribution in [0.1, 0.15) is 21.5 Å². The van der Waals surface area contributed by atoms with Crippen LogP contribution in [0.15, 0.2) is 48.8 Å². The van der Waals surface area contributed by atoms with E-state index in [4.69, 9.17) is 5.11 Å². The van der Waals surface area contributed by atoms with Crippen molar-refractivity contribution < 1.29 is 9.90 Å². The molecule has 2 aromatic rings. The van der Waals surface area contributed by atoms with Crippen LogP contribution in [-0.2, 0) is 13.1 Å². The zero-order valence-electron chi connectivity index (χ0n) is 9.84. The number of hydrogen-bond acceptors (Lipinski definition) is 3. The lowest BCUT2D eigenvalue weighted by Gasteiger charge is -2.05. The van der Waals surface area contributed by atoms with Gasteiger partial charge in [0.25, 0.3) is 0 Å². The minimum Gasteiger partial charge on any atom is -0.478 e. The molecule has 0 saturated carbocycles. The Morgan fingerprint density at radius 3 is 2.67 bits per heavy atom. The van der Waals surface area contributed by atoms with Crippen LogP contribution in [0.4, 0.5) is 0 Å². The molecular weight excluding hydrogens is 228 g/mol. The molecule has 0 fully saturated rings. The van der Waals surface area contributed by atoms with Crippen molar-refractivity contribution in [3.8, 4) is 0 Å². The molecule has 0 aliphatic heterocycles. The summed E-state index contributed by atoms with van der Waals surface area (Å²) in [4.78, 5) is 14.8. The second-order valence-electron chi connectivity index (χ2n) is 3.97. The molecule has 4 heteroatoms. The van der Waals surface area contributed by atoms with Gasteiger partial charge in [-0.1, -0.05) is 18.2 Å². The Kier molecular flexibility index (Phi) is 4.04. The number of benzene rings is 1. The number of nitrogens with zero attached hydrogens (tertiary/aromatic N) is 1. The Morgan fingerprint density at radius 1 is 1.17 bits per heavy atom. The van der Waals surface area contributed by atoms with Gasteiger partial charge in [-0.05, 0) is 29.3 Å². The van der Waals surface area contributed by atoms with Gasteiger partial charge in [0.1, 0.15) is 0 Å². The Labute approximate surface area is 105 Å². The number of nitrogens with one attached hydrogen (secondary N) is 1. The third-order valence-corrected chi connectivity index (χ3v) is 2.55. The van der Waals surface area contributed by atoms with Gasteiger partial charge in [-0.25, -0.2) is 4.79 Å². The van der Waals surface area contributed by atoms with E-state index in [9.17, 15) is 4.79 Å². The highest BCUT2D eigenvalue weighted by atomic mass is 16.4. The Morgan fingerprint density at radius 2 is 1.94 bits per heavy atom. The van der Waals surface area contributed by atoms with Gasteiger partial charge in [0.2, 0.25) is 0 Å². The van der Waals surface area contributed by atoms with Crippen molar-refractivity contribution in [3.05, 3.63) is 65.5 Å². The zero-order chi connectivity index (χ0) is 12.8. The van der Waals surface area contributed by atoms with Crippen LogP contribution in [-0.4, -0.2) is 16.1 Å². The van der Waals surface area contributed by atoms with Crippen molar-refractivity contribution in [1.29, 1.82) is 0 Å². The van der Waals surface area contributed by atoms with Gasteiger partial charge in [0.15, 0.2) is 0 Å². The quantitative estimate of drug-likeness (QED) is 0.842. The van der Waals surface area contributed by atoms with E-state index < -0.39 is 5.97 Å². The molecule has 0 unspecified atom stereocenters. The van der Waals surface area contributed by atoms with Crippen LogP contribution in [0.3, 0.4) is 0 Å². The number of aromatic nitrogens is 1. The van der Waals surface area contributed by atoms with Gasteiger partial charge in [-0.3, -0.25) is 4.98 Å². The maximum atomic E-state index is 10.8. The highest BCUT2D eigenvalue weighted by Crippen LogP contribution is 2.05. The van der Waals surface area contributed by atoms with Crippen LogP contribution in [0.25, 0.3) is 0 Å². The van der Waals surface area contributed by atoms with Crippen LogP contribution < -0.4 is 5.32 Å². The summed E-state index contributed by atoms with van der Waals surface area (Å²) in [7, 11) is 0. The average Bonchev–Trinajstić information content (AvgIpc) is 2.40. The van der Waals surface area contributed by atoms with Crippen LogP contribution in [0, 0.1) is 0 Å². The molecule has 2 rings (SSSR count). The SMILES string of the molecule is O=C(O)c1cccc(CNCc2cccnc2)c1. The monoisotopic (exact) mass is 242 g/mol. The van der Waals surface area contributed by atoms with Crippen molar-refractivity contribution >= 4 is 5.97 Å². The van der Waals surface area contributed by atoms with Crippen molar-refractivity contribution in [2.75, 3.05) is 0 Å². The van der Waals surface area contributed by atoms with Crippen molar-refractivity contribution in [2.45, 2.75) is 13.1 Å².